The first-order chi connectivity index (χ1) is 18.3. The minimum Gasteiger partial charge on any atom is -0.457 e. The van der Waals surface area contributed by atoms with Crippen molar-refractivity contribution in [2.75, 3.05) is 5.32 Å². The van der Waals surface area contributed by atoms with Gasteiger partial charge in [0.1, 0.15) is 11.5 Å². The van der Waals surface area contributed by atoms with Gasteiger partial charge in [-0.3, -0.25) is 0 Å². The maximum absolute atomic E-state index is 6.60. The van der Waals surface area contributed by atoms with Gasteiger partial charge in [-0.15, -0.1) is 0 Å². The topological polar surface area (TPSA) is 21.3 Å². The van der Waals surface area contributed by atoms with Gasteiger partial charge in [-0.05, 0) is 57.3 Å². The van der Waals surface area contributed by atoms with Crippen LogP contribution in [0, 0.1) is 0 Å². The Hall–Kier alpha value is -4.82. The van der Waals surface area contributed by atoms with Crippen LogP contribution in [0.5, 0.6) is 11.5 Å². The maximum Gasteiger partial charge on any atom is 0.134 e. The minimum atomic E-state index is -0.418. The van der Waals surface area contributed by atoms with Crippen LogP contribution in [0.3, 0.4) is 0 Å². The number of rotatable bonds is 2. The SMILES string of the molecule is c1ccc2c(c1)Oc1cc(Nc3ccc4ccccc4c3)ccc1C21c2ccccc2-c2ccccc21. The zero-order chi connectivity index (χ0) is 24.4. The second-order valence-corrected chi connectivity index (χ2v) is 9.84. The average Bonchev–Trinajstić information content (AvgIpc) is 3.24. The van der Waals surface area contributed by atoms with Gasteiger partial charge >= 0.3 is 0 Å². The van der Waals surface area contributed by atoms with Gasteiger partial charge in [0.2, 0.25) is 0 Å². The molecular formula is C35H23NO. The highest BCUT2D eigenvalue weighted by atomic mass is 16.5. The first kappa shape index (κ1) is 20.4. The van der Waals surface area contributed by atoms with Crippen LogP contribution in [0.15, 0.2) is 133 Å². The highest BCUT2D eigenvalue weighted by molar-refractivity contribution is 5.89. The van der Waals surface area contributed by atoms with Gasteiger partial charge in [0.05, 0.1) is 5.41 Å². The molecule has 0 radical (unpaired) electrons. The number of hydrogen-bond acceptors (Lipinski definition) is 2. The fraction of sp³-hybridized carbons (Fsp3) is 0.0286. The molecule has 37 heavy (non-hydrogen) atoms. The Morgan fingerprint density at radius 1 is 0.432 bits per heavy atom. The molecule has 0 bridgehead atoms. The van der Waals surface area contributed by atoms with Gasteiger partial charge < -0.3 is 10.1 Å². The second kappa shape index (κ2) is 7.59. The number of fused-ring (bicyclic) bond motifs is 10. The van der Waals surface area contributed by atoms with Crippen molar-refractivity contribution >= 4 is 22.1 Å². The summed E-state index contributed by atoms with van der Waals surface area (Å²) >= 11 is 0. The van der Waals surface area contributed by atoms with E-state index in [9.17, 15) is 0 Å². The highest BCUT2D eigenvalue weighted by Gasteiger charge is 2.50. The summed E-state index contributed by atoms with van der Waals surface area (Å²) in [6, 6.07) is 47.6. The van der Waals surface area contributed by atoms with Crippen LogP contribution in [0.1, 0.15) is 22.3 Å². The fourth-order valence-corrected chi connectivity index (χ4v) is 6.37. The fourth-order valence-electron chi connectivity index (χ4n) is 6.37. The summed E-state index contributed by atoms with van der Waals surface area (Å²) in [6.45, 7) is 0. The van der Waals surface area contributed by atoms with Crippen LogP contribution < -0.4 is 10.1 Å². The summed E-state index contributed by atoms with van der Waals surface area (Å²) in [5.74, 6) is 1.79. The van der Waals surface area contributed by atoms with Crippen LogP contribution in [-0.2, 0) is 5.41 Å². The Balaban J connectivity index is 1.33. The number of nitrogens with one attached hydrogen (secondary N) is 1. The molecule has 2 heteroatoms. The largest absolute Gasteiger partial charge is 0.457 e. The van der Waals surface area contributed by atoms with Crippen molar-refractivity contribution in [2.45, 2.75) is 5.41 Å². The Morgan fingerprint density at radius 3 is 1.78 bits per heavy atom. The first-order valence-corrected chi connectivity index (χ1v) is 12.7. The molecule has 0 unspecified atom stereocenters. The summed E-state index contributed by atoms with van der Waals surface area (Å²) in [5, 5.41) is 6.06. The molecule has 0 atom stereocenters. The molecule has 174 valence electrons. The molecule has 6 aromatic carbocycles. The first-order valence-electron chi connectivity index (χ1n) is 12.7. The third kappa shape index (κ3) is 2.81. The van der Waals surface area contributed by atoms with Gasteiger partial charge in [-0.2, -0.15) is 0 Å². The van der Waals surface area contributed by atoms with Crippen molar-refractivity contribution in [1.29, 1.82) is 0 Å². The second-order valence-electron chi connectivity index (χ2n) is 9.84. The van der Waals surface area contributed by atoms with Gasteiger partial charge in [-0.1, -0.05) is 103 Å². The summed E-state index contributed by atoms with van der Waals surface area (Å²) in [7, 11) is 0. The maximum atomic E-state index is 6.60. The van der Waals surface area contributed by atoms with E-state index in [1.807, 2.05) is 0 Å². The Kier molecular flexibility index (Phi) is 4.18. The zero-order valence-corrected chi connectivity index (χ0v) is 20.1. The number of ether oxygens (including phenoxy) is 1. The van der Waals surface area contributed by atoms with Gasteiger partial charge in [-0.25, -0.2) is 0 Å². The molecule has 1 heterocycles. The molecule has 1 N–H and O–H groups in total. The molecule has 8 rings (SSSR count). The monoisotopic (exact) mass is 473 g/mol. The molecule has 0 fully saturated rings. The molecule has 2 aliphatic rings. The molecule has 0 aromatic heterocycles. The van der Waals surface area contributed by atoms with E-state index in [-0.39, 0.29) is 0 Å². The van der Waals surface area contributed by atoms with Crippen LogP contribution in [-0.4, -0.2) is 0 Å². The Labute approximate surface area is 215 Å². The molecular weight excluding hydrogens is 450 g/mol. The van der Waals surface area contributed by atoms with Gasteiger partial charge in [0, 0.05) is 28.6 Å². The van der Waals surface area contributed by atoms with E-state index < -0.39 is 5.41 Å². The molecule has 1 spiro atoms. The smallest absolute Gasteiger partial charge is 0.134 e. The third-order valence-electron chi connectivity index (χ3n) is 7.89. The number of benzene rings is 6. The van der Waals surface area contributed by atoms with E-state index in [1.165, 1.54) is 44.2 Å². The number of para-hydroxylation sites is 1. The van der Waals surface area contributed by atoms with Crippen molar-refractivity contribution in [3.8, 4) is 22.6 Å². The molecule has 6 aromatic rings. The van der Waals surface area contributed by atoms with Crippen LogP contribution in [0.2, 0.25) is 0 Å². The van der Waals surface area contributed by atoms with E-state index in [2.05, 4.69) is 139 Å². The van der Waals surface area contributed by atoms with Crippen molar-refractivity contribution in [3.05, 3.63) is 156 Å². The predicted molar refractivity (Wildman–Crippen MR) is 151 cm³/mol. The molecule has 1 aliphatic carbocycles. The molecule has 1 aliphatic heterocycles. The summed E-state index contributed by atoms with van der Waals surface area (Å²) in [6.07, 6.45) is 0. The lowest BCUT2D eigenvalue weighted by Gasteiger charge is -2.39. The van der Waals surface area contributed by atoms with Crippen LogP contribution in [0.4, 0.5) is 11.4 Å². The number of hydrogen-bond donors (Lipinski definition) is 1. The molecule has 0 saturated heterocycles. The van der Waals surface area contributed by atoms with E-state index in [1.54, 1.807) is 0 Å². The minimum absolute atomic E-state index is 0.418. The zero-order valence-electron chi connectivity index (χ0n) is 20.1. The standard InChI is InChI=1S/C35H23NO/c1-2-10-24-21-25(18-17-23(24)9-1)36-26-19-20-32-34(22-26)37-33-16-8-7-15-31(33)35(32)29-13-5-3-11-27(29)28-12-4-6-14-30(28)35/h1-22,36H. The van der Waals surface area contributed by atoms with Gasteiger partial charge in [0.25, 0.3) is 0 Å². The summed E-state index contributed by atoms with van der Waals surface area (Å²) in [4.78, 5) is 0. The predicted octanol–water partition coefficient (Wildman–Crippen LogP) is 9.05. The van der Waals surface area contributed by atoms with Crippen molar-refractivity contribution in [1.82, 2.24) is 0 Å². The highest BCUT2D eigenvalue weighted by Crippen LogP contribution is 2.62. The van der Waals surface area contributed by atoms with E-state index in [0.717, 1.165) is 22.9 Å². The Morgan fingerprint density at radius 2 is 1.00 bits per heavy atom. The average molecular weight is 474 g/mol. The lowest BCUT2D eigenvalue weighted by atomic mass is 9.66. The van der Waals surface area contributed by atoms with E-state index in [0.29, 0.717) is 0 Å². The Bertz CT molecular complexity index is 1810. The van der Waals surface area contributed by atoms with Crippen molar-refractivity contribution in [3.63, 3.8) is 0 Å². The van der Waals surface area contributed by atoms with Crippen molar-refractivity contribution < 1.29 is 4.74 Å². The van der Waals surface area contributed by atoms with Crippen molar-refractivity contribution in [2.24, 2.45) is 0 Å². The van der Waals surface area contributed by atoms with E-state index in [4.69, 9.17) is 4.74 Å². The summed E-state index contributed by atoms with van der Waals surface area (Å²) < 4.78 is 6.60. The quantitative estimate of drug-likeness (QED) is 0.270. The molecule has 2 nitrogen and oxygen atoms in total. The molecule has 0 saturated carbocycles. The third-order valence-corrected chi connectivity index (χ3v) is 7.89. The molecule has 0 amide bonds. The van der Waals surface area contributed by atoms with Gasteiger partial charge in [0.15, 0.2) is 0 Å². The van der Waals surface area contributed by atoms with Crippen LogP contribution >= 0.6 is 0 Å². The van der Waals surface area contributed by atoms with E-state index >= 15 is 0 Å². The normalized spacial score (nSPS) is 13.8. The number of anilines is 2. The lowest BCUT2D eigenvalue weighted by Crippen LogP contribution is -2.32. The van der Waals surface area contributed by atoms with Crippen LogP contribution in [0.25, 0.3) is 21.9 Å². The summed E-state index contributed by atoms with van der Waals surface area (Å²) in [5.41, 5.74) is 9.20. The lowest BCUT2D eigenvalue weighted by molar-refractivity contribution is 0.436.